The van der Waals surface area contributed by atoms with E-state index < -0.39 is 0 Å². The summed E-state index contributed by atoms with van der Waals surface area (Å²) in [6.45, 7) is 2.97. The number of nitrogens with two attached hydrogens (primary N) is 1. The molecule has 1 rings (SSSR count). The topological polar surface area (TPSA) is 62.9 Å². The van der Waals surface area contributed by atoms with Gasteiger partial charge in [-0.15, -0.1) is 24.0 Å². The van der Waals surface area contributed by atoms with E-state index in [2.05, 4.69) is 10.3 Å². The van der Waals surface area contributed by atoms with Crippen molar-refractivity contribution >= 4 is 29.9 Å². The van der Waals surface area contributed by atoms with E-state index in [0.717, 1.165) is 5.56 Å². The first-order valence-corrected chi connectivity index (χ1v) is 6.91. The van der Waals surface area contributed by atoms with Crippen molar-refractivity contribution in [2.75, 3.05) is 34.4 Å². The number of benzene rings is 1. The molecule has 0 bridgehead atoms. The molecule has 0 radical (unpaired) electrons. The minimum absolute atomic E-state index is 0. The summed E-state index contributed by atoms with van der Waals surface area (Å²) in [6.07, 6.45) is 0. The standard InChI is InChI=1S/C15H25FN4O.HI/c1-11(10-21-4)19-15(17)18-9-14(20(2)3)12-6-5-7-13(16)8-12;/h5-8,11,14H,9-10H2,1-4H3,(H3,17,18,19);1H. The van der Waals surface area contributed by atoms with Crippen molar-refractivity contribution in [3.05, 3.63) is 35.6 Å². The fourth-order valence-corrected chi connectivity index (χ4v) is 2.06. The van der Waals surface area contributed by atoms with Gasteiger partial charge in [-0.3, -0.25) is 4.99 Å². The van der Waals surface area contributed by atoms with E-state index in [4.69, 9.17) is 10.5 Å². The summed E-state index contributed by atoms with van der Waals surface area (Å²) in [4.78, 5) is 6.33. The Bertz CT molecular complexity index is 471. The molecule has 7 heteroatoms. The number of likely N-dealkylation sites (N-methyl/N-ethyl adjacent to an activating group) is 1. The molecule has 0 saturated heterocycles. The maximum atomic E-state index is 13.3. The Hall–Kier alpha value is -0.930. The maximum Gasteiger partial charge on any atom is 0.188 e. The van der Waals surface area contributed by atoms with Crippen LogP contribution in [0.3, 0.4) is 0 Å². The number of aliphatic imine (C=N–C) groups is 1. The van der Waals surface area contributed by atoms with Crippen molar-refractivity contribution < 1.29 is 9.13 Å². The summed E-state index contributed by atoms with van der Waals surface area (Å²) < 4.78 is 18.4. The van der Waals surface area contributed by atoms with Crippen LogP contribution in [0, 0.1) is 5.82 Å². The second-order valence-corrected chi connectivity index (χ2v) is 5.26. The summed E-state index contributed by atoms with van der Waals surface area (Å²) in [7, 11) is 5.50. The molecule has 2 unspecified atom stereocenters. The lowest BCUT2D eigenvalue weighted by atomic mass is 10.1. The Balaban J connectivity index is 0.00000441. The van der Waals surface area contributed by atoms with Crippen LogP contribution in [0.15, 0.2) is 29.3 Å². The molecular formula is C15H26FIN4O. The Morgan fingerprint density at radius 1 is 1.45 bits per heavy atom. The monoisotopic (exact) mass is 424 g/mol. The molecule has 0 heterocycles. The first-order chi connectivity index (χ1) is 9.93. The molecule has 0 aliphatic rings. The van der Waals surface area contributed by atoms with Crippen LogP contribution in [-0.4, -0.2) is 51.3 Å². The van der Waals surface area contributed by atoms with E-state index in [1.54, 1.807) is 13.2 Å². The molecule has 2 atom stereocenters. The molecule has 0 fully saturated rings. The minimum Gasteiger partial charge on any atom is -0.383 e. The van der Waals surface area contributed by atoms with Crippen molar-refractivity contribution in [2.45, 2.75) is 19.0 Å². The lowest BCUT2D eigenvalue weighted by Crippen LogP contribution is -2.41. The van der Waals surface area contributed by atoms with Gasteiger partial charge >= 0.3 is 0 Å². The number of ether oxygens (including phenoxy) is 1. The second kappa shape index (κ2) is 10.7. The number of rotatable bonds is 7. The first kappa shape index (κ1) is 21.1. The normalized spacial score (nSPS) is 14.4. The van der Waals surface area contributed by atoms with Gasteiger partial charge in [0.25, 0.3) is 0 Å². The highest BCUT2D eigenvalue weighted by Crippen LogP contribution is 2.19. The fourth-order valence-electron chi connectivity index (χ4n) is 2.06. The summed E-state index contributed by atoms with van der Waals surface area (Å²) in [6, 6.07) is 6.61. The number of guanidine groups is 1. The number of nitrogens with zero attached hydrogens (tertiary/aromatic N) is 2. The average Bonchev–Trinajstić information content (AvgIpc) is 2.38. The van der Waals surface area contributed by atoms with E-state index in [1.807, 2.05) is 32.0 Å². The van der Waals surface area contributed by atoms with E-state index in [0.29, 0.717) is 19.1 Å². The molecule has 1 aromatic rings. The third-order valence-electron chi connectivity index (χ3n) is 3.10. The number of hydrogen-bond donors (Lipinski definition) is 2. The van der Waals surface area contributed by atoms with Gasteiger partial charge in [0.15, 0.2) is 5.96 Å². The molecule has 0 aromatic heterocycles. The van der Waals surface area contributed by atoms with E-state index in [1.165, 1.54) is 12.1 Å². The Kier molecular flexibility index (Phi) is 10.3. The van der Waals surface area contributed by atoms with Crippen LogP contribution in [0.5, 0.6) is 0 Å². The minimum atomic E-state index is -0.247. The molecule has 0 aliphatic heterocycles. The van der Waals surface area contributed by atoms with Crippen molar-refractivity contribution in [1.29, 1.82) is 0 Å². The summed E-state index contributed by atoms with van der Waals surface area (Å²) in [5.41, 5.74) is 6.73. The highest BCUT2D eigenvalue weighted by molar-refractivity contribution is 14.0. The molecule has 1 aromatic carbocycles. The quantitative estimate of drug-likeness (QED) is 0.399. The highest BCUT2D eigenvalue weighted by atomic mass is 127. The number of halogens is 2. The molecule has 5 nitrogen and oxygen atoms in total. The first-order valence-electron chi connectivity index (χ1n) is 6.91. The Morgan fingerprint density at radius 3 is 2.68 bits per heavy atom. The zero-order valence-electron chi connectivity index (χ0n) is 13.5. The molecule has 0 aliphatic carbocycles. The Morgan fingerprint density at radius 2 is 2.14 bits per heavy atom. The third-order valence-corrected chi connectivity index (χ3v) is 3.10. The van der Waals surface area contributed by atoms with Gasteiger partial charge in [0.05, 0.1) is 19.2 Å². The van der Waals surface area contributed by atoms with Crippen molar-refractivity contribution in [3.63, 3.8) is 0 Å². The van der Waals surface area contributed by atoms with Crippen LogP contribution < -0.4 is 11.1 Å². The van der Waals surface area contributed by atoms with Crippen molar-refractivity contribution in [1.82, 2.24) is 10.2 Å². The summed E-state index contributed by atoms with van der Waals surface area (Å²) in [5, 5.41) is 3.05. The smallest absolute Gasteiger partial charge is 0.188 e. The predicted octanol–water partition coefficient (Wildman–Crippen LogP) is 1.99. The second-order valence-electron chi connectivity index (χ2n) is 5.26. The van der Waals surface area contributed by atoms with Gasteiger partial charge in [-0.1, -0.05) is 12.1 Å². The van der Waals surface area contributed by atoms with Crippen LogP contribution in [-0.2, 0) is 4.74 Å². The summed E-state index contributed by atoms with van der Waals surface area (Å²) in [5.74, 6) is 0.117. The van der Waals surface area contributed by atoms with E-state index in [-0.39, 0.29) is 41.9 Å². The molecule has 0 spiro atoms. The molecule has 22 heavy (non-hydrogen) atoms. The number of hydrogen-bond acceptors (Lipinski definition) is 3. The number of methoxy groups -OCH3 is 1. The highest BCUT2D eigenvalue weighted by Gasteiger charge is 2.14. The van der Waals surface area contributed by atoms with Gasteiger partial charge in [0.2, 0.25) is 0 Å². The van der Waals surface area contributed by atoms with Gasteiger partial charge in [-0.05, 0) is 38.7 Å². The molecule has 3 N–H and O–H groups in total. The fraction of sp³-hybridized carbons (Fsp3) is 0.533. The van der Waals surface area contributed by atoms with Gasteiger partial charge in [0, 0.05) is 13.2 Å². The number of nitrogens with one attached hydrogen (secondary N) is 1. The summed E-state index contributed by atoms with van der Waals surface area (Å²) >= 11 is 0. The lowest BCUT2D eigenvalue weighted by molar-refractivity contribution is 0.179. The van der Waals surface area contributed by atoms with Gasteiger partial charge < -0.3 is 20.7 Å². The molecule has 126 valence electrons. The van der Waals surface area contributed by atoms with Crippen molar-refractivity contribution in [3.8, 4) is 0 Å². The van der Waals surface area contributed by atoms with Crippen LogP contribution in [0.1, 0.15) is 18.5 Å². The third kappa shape index (κ3) is 7.37. The lowest BCUT2D eigenvalue weighted by Gasteiger charge is -2.23. The van der Waals surface area contributed by atoms with Crippen LogP contribution in [0.4, 0.5) is 4.39 Å². The van der Waals surface area contributed by atoms with Crippen LogP contribution in [0.25, 0.3) is 0 Å². The average molecular weight is 424 g/mol. The van der Waals surface area contributed by atoms with Crippen molar-refractivity contribution in [2.24, 2.45) is 10.7 Å². The van der Waals surface area contributed by atoms with Crippen LogP contribution in [0.2, 0.25) is 0 Å². The van der Waals surface area contributed by atoms with Crippen LogP contribution >= 0.6 is 24.0 Å². The molecular weight excluding hydrogens is 398 g/mol. The zero-order chi connectivity index (χ0) is 15.8. The van der Waals surface area contributed by atoms with E-state index in [9.17, 15) is 4.39 Å². The van der Waals surface area contributed by atoms with E-state index >= 15 is 0 Å². The van der Waals surface area contributed by atoms with Gasteiger partial charge in [-0.2, -0.15) is 0 Å². The molecule has 0 amide bonds. The largest absolute Gasteiger partial charge is 0.383 e. The Labute approximate surface area is 149 Å². The predicted molar refractivity (Wildman–Crippen MR) is 99.2 cm³/mol. The zero-order valence-corrected chi connectivity index (χ0v) is 15.9. The maximum absolute atomic E-state index is 13.3. The van der Waals surface area contributed by atoms with Gasteiger partial charge in [-0.25, -0.2) is 4.39 Å². The SMILES string of the molecule is COCC(C)NC(N)=NCC(c1cccc(F)c1)N(C)C.I. The molecule has 0 saturated carbocycles. The van der Waals surface area contributed by atoms with Gasteiger partial charge in [0.1, 0.15) is 5.82 Å².